The molecular formula is C14H18N4O. The van der Waals surface area contributed by atoms with Crippen LogP contribution in [0.4, 0.5) is 5.82 Å². The summed E-state index contributed by atoms with van der Waals surface area (Å²) in [6, 6.07) is 7.30. The van der Waals surface area contributed by atoms with Gasteiger partial charge in [-0.05, 0) is 30.6 Å². The number of likely N-dealkylation sites (N-methyl/N-ethyl adjacent to an activating group) is 1. The number of phenolic OH excluding ortho intramolecular Hbond substituents is 1. The first-order valence-corrected chi connectivity index (χ1v) is 6.50. The summed E-state index contributed by atoms with van der Waals surface area (Å²) in [7, 11) is 2.13. The molecule has 0 saturated carbocycles. The first kappa shape index (κ1) is 12.2. The summed E-state index contributed by atoms with van der Waals surface area (Å²) in [6.45, 7) is 4.02. The molecule has 5 nitrogen and oxygen atoms in total. The van der Waals surface area contributed by atoms with Crippen LogP contribution in [0.1, 0.15) is 0 Å². The molecule has 2 aromatic rings. The number of aromatic nitrogens is 1. The zero-order chi connectivity index (χ0) is 13.2. The minimum absolute atomic E-state index is 0.266. The molecule has 100 valence electrons. The van der Waals surface area contributed by atoms with E-state index in [4.69, 9.17) is 0 Å². The van der Waals surface area contributed by atoms with E-state index in [2.05, 4.69) is 27.4 Å². The van der Waals surface area contributed by atoms with Crippen molar-refractivity contribution in [2.75, 3.05) is 38.7 Å². The highest BCUT2D eigenvalue weighted by atomic mass is 16.3. The predicted octanol–water partition coefficient (Wildman–Crippen LogP) is 1.51. The maximum atomic E-state index is 9.62. The molecule has 19 heavy (non-hydrogen) atoms. The van der Waals surface area contributed by atoms with Gasteiger partial charge in [-0.15, -0.1) is 0 Å². The fourth-order valence-electron chi connectivity index (χ4n) is 2.31. The predicted molar refractivity (Wildman–Crippen MR) is 76.1 cm³/mol. The molecule has 0 aliphatic carbocycles. The van der Waals surface area contributed by atoms with Crippen LogP contribution in [0.5, 0.6) is 5.75 Å². The summed E-state index contributed by atoms with van der Waals surface area (Å²) in [4.78, 5) is 6.69. The van der Waals surface area contributed by atoms with Gasteiger partial charge < -0.3 is 15.4 Å². The summed E-state index contributed by atoms with van der Waals surface area (Å²) in [5.41, 5.74) is 3.36. The highest BCUT2D eigenvalue weighted by molar-refractivity contribution is 5.92. The lowest BCUT2D eigenvalue weighted by Crippen LogP contribution is -2.47. The van der Waals surface area contributed by atoms with Crippen molar-refractivity contribution in [3.8, 4) is 5.75 Å². The van der Waals surface area contributed by atoms with E-state index in [-0.39, 0.29) is 5.75 Å². The number of piperazine rings is 1. The number of hydrogen-bond acceptors (Lipinski definition) is 5. The first-order chi connectivity index (χ1) is 9.22. The number of benzene rings is 1. The Bertz CT molecular complexity index is 579. The number of fused-ring (bicyclic) bond motifs is 1. The van der Waals surface area contributed by atoms with Gasteiger partial charge in [-0.3, -0.25) is 0 Å². The van der Waals surface area contributed by atoms with Crippen molar-refractivity contribution in [1.29, 1.82) is 0 Å². The average Bonchev–Trinajstić information content (AvgIpc) is 2.42. The molecule has 1 saturated heterocycles. The minimum Gasteiger partial charge on any atom is -0.508 e. The molecule has 1 aliphatic heterocycles. The van der Waals surface area contributed by atoms with Crippen LogP contribution in [-0.4, -0.2) is 53.2 Å². The molecule has 0 spiro atoms. The van der Waals surface area contributed by atoms with E-state index >= 15 is 0 Å². The third-order valence-electron chi connectivity index (χ3n) is 3.52. The second kappa shape index (κ2) is 5.03. The van der Waals surface area contributed by atoms with Crippen molar-refractivity contribution >= 4 is 16.6 Å². The highest BCUT2D eigenvalue weighted by Crippen LogP contribution is 2.25. The molecule has 0 atom stereocenters. The molecular weight excluding hydrogens is 240 g/mol. The van der Waals surface area contributed by atoms with Crippen molar-refractivity contribution < 1.29 is 5.11 Å². The number of phenols is 1. The van der Waals surface area contributed by atoms with E-state index in [1.54, 1.807) is 18.3 Å². The monoisotopic (exact) mass is 258 g/mol. The fourth-order valence-corrected chi connectivity index (χ4v) is 2.31. The Morgan fingerprint density at radius 1 is 1.16 bits per heavy atom. The van der Waals surface area contributed by atoms with Gasteiger partial charge in [0.25, 0.3) is 0 Å². The number of hydrogen-bond donors (Lipinski definition) is 2. The normalized spacial score (nSPS) is 17.7. The second-order valence-electron chi connectivity index (χ2n) is 4.97. The van der Waals surface area contributed by atoms with Crippen molar-refractivity contribution in [3.05, 3.63) is 30.5 Å². The molecule has 1 aliphatic rings. The molecule has 3 rings (SSSR count). The largest absolute Gasteiger partial charge is 0.508 e. The van der Waals surface area contributed by atoms with Gasteiger partial charge in [-0.2, -0.15) is 0 Å². The summed E-state index contributed by atoms with van der Waals surface area (Å²) in [5.74, 6) is 1.07. The van der Waals surface area contributed by atoms with E-state index in [9.17, 15) is 5.11 Å². The van der Waals surface area contributed by atoms with Gasteiger partial charge in [-0.25, -0.2) is 9.99 Å². The van der Waals surface area contributed by atoms with E-state index in [1.807, 2.05) is 12.1 Å². The second-order valence-corrected chi connectivity index (χ2v) is 4.97. The van der Waals surface area contributed by atoms with Crippen LogP contribution in [0.2, 0.25) is 0 Å². The molecule has 1 aromatic carbocycles. The number of rotatable bonds is 2. The Kier molecular flexibility index (Phi) is 3.23. The van der Waals surface area contributed by atoms with Crippen LogP contribution in [0.15, 0.2) is 30.5 Å². The maximum Gasteiger partial charge on any atom is 0.148 e. The van der Waals surface area contributed by atoms with Gasteiger partial charge in [-0.1, -0.05) is 6.07 Å². The van der Waals surface area contributed by atoms with Crippen molar-refractivity contribution in [2.24, 2.45) is 0 Å². The lowest BCUT2D eigenvalue weighted by Gasteiger charge is -2.32. The van der Waals surface area contributed by atoms with Gasteiger partial charge in [0.1, 0.15) is 11.6 Å². The first-order valence-electron chi connectivity index (χ1n) is 6.50. The summed E-state index contributed by atoms with van der Waals surface area (Å²) < 4.78 is 0. The summed E-state index contributed by atoms with van der Waals surface area (Å²) in [5, 5.41) is 13.8. The van der Waals surface area contributed by atoms with E-state index in [1.165, 1.54) is 0 Å². The molecule has 0 amide bonds. The number of aromatic hydroxyl groups is 1. The minimum atomic E-state index is 0.266. The highest BCUT2D eigenvalue weighted by Gasteiger charge is 2.14. The number of anilines is 1. The zero-order valence-corrected chi connectivity index (χ0v) is 11.0. The number of hydrazine groups is 1. The van der Waals surface area contributed by atoms with Crippen LogP contribution >= 0.6 is 0 Å². The van der Waals surface area contributed by atoms with Crippen LogP contribution < -0.4 is 5.43 Å². The van der Waals surface area contributed by atoms with Crippen LogP contribution in [-0.2, 0) is 0 Å². The average molecular weight is 258 g/mol. The standard InChI is InChI=1S/C14H18N4O/c1-17-6-8-18(9-7-17)16-14-13-10-12(19)3-2-11(13)4-5-15-14/h2-5,10,19H,6-9H2,1H3,(H,15,16). The third-order valence-corrected chi connectivity index (χ3v) is 3.52. The molecule has 0 bridgehead atoms. The lowest BCUT2D eigenvalue weighted by atomic mass is 10.1. The molecule has 2 heterocycles. The van der Waals surface area contributed by atoms with Gasteiger partial charge >= 0.3 is 0 Å². The van der Waals surface area contributed by atoms with Crippen LogP contribution in [0.25, 0.3) is 10.8 Å². The Morgan fingerprint density at radius 3 is 2.74 bits per heavy atom. The molecule has 0 unspecified atom stereocenters. The van der Waals surface area contributed by atoms with E-state index < -0.39 is 0 Å². The number of nitrogens with zero attached hydrogens (tertiary/aromatic N) is 3. The fraction of sp³-hybridized carbons (Fsp3) is 0.357. The van der Waals surface area contributed by atoms with Crippen molar-refractivity contribution in [2.45, 2.75) is 0 Å². The molecule has 0 radical (unpaired) electrons. The number of pyridine rings is 1. The molecule has 1 aromatic heterocycles. The SMILES string of the molecule is CN1CCN(Nc2nccc3ccc(O)cc23)CC1. The Balaban J connectivity index is 1.86. The van der Waals surface area contributed by atoms with Crippen molar-refractivity contribution in [3.63, 3.8) is 0 Å². The lowest BCUT2D eigenvalue weighted by molar-refractivity contribution is 0.178. The molecule has 2 N–H and O–H groups in total. The summed E-state index contributed by atoms with van der Waals surface area (Å²) >= 11 is 0. The molecule has 1 fully saturated rings. The zero-order valence-electron chi connectivity index (χ0n) is 11.0. The van der Waals surface area contributed by atoms with Crippen LogP contribution in [0.3, 0.4) is 0 Å². The Morgan fingerprint density at radius 2 is 1.95 bits per heavy atom. The molecule has 5 heteroatoms. The van der Waals surface area contributed by atoms with Gasteiger partial charge in [0, 0.05) is 37.8 Å². The van der Waals surface area contributed by atoms with Crippen LogP contribution in [0, 0.1) is 0 Å². The topological polar surface area (TPSA) is 51.6 Å². The third kappa shape index (κ3) is 2.62. The Hall–Kier alpha value is -1.85. The number of nitrogens with one attached hydrogen (secondary N) is 1. The maximum absolute atomic E-state index is 9.62. The van der Waals surface area contributed by atoms with E-state index in [0.717, 1.165) is 42.8 Å². The van der Waals surface area contributed by atoms with E-state index in [0.29, 0.717) is 0 Å². The quantitative estimate of drug-likeness (QED) is 0.855. The summed E-state index contributed by atoms with van der Waals surface area (Å²) in [6.07, 6.45) is 1.79. The van der Waals surface area contributed by atoms with Gasteiger partial charge in [0.2, 0.25) is 0 Å². The van der Waals surface area contributed by atoms with Gasteiger partial charge in [0.05, 0.1) is 0 Å². The Labute approximate surface area is 112 Å². The van der Waals surface area contributed by atoms with Crippen molar-refractivity contribution in [1.82, 2.24) is 14.9 Å². The smallest absolute Gasteiger partial charge is 0.148 e. The van der Waals surface area contributed by atoms with Gasteiger partial charge in [0.15, 0.2) is 0 Å².